The summed E-state index contributed by atoms with van der Waals surface area (Å²) < 4.78 is 0. The minimum absolute atomic E-state index is 0.776. The summed E-state index contributed by atoms with van der Waals surface area (Å²) in [6, 6.07) is 4.18. The van der Waals surface area contributed by atoms with Crippen molar-refractivity contribution in [3.8, 4) is 0 Å². The highest BCUT2D eigenvalue weighted by molar-refractivity contribution is 7.11. The highest BCUT2D eigenvalue weighted by Crippen LogP contribution is 2.13. The van der Waals surface area contributed by atoms with Gasteiger partial charge in [-0.15, -0.1) is 11.3 Å². The van der Waals surface area contributed by atoms with Gasteiger partial charge in [-0.05, 0) is 19.1 Å². The lowest BCUT2D eigenvalue weighted by Gasteiger charge is -1.90. The van der Waals surface area contributed by atoms with E-state index in [0.717, 1.165) is 6.54 Å². The Morgan fingerprint density at radius 3 is 2.89 bits per heavy atom. The van der Waals surface area contributed by atoms with Crippen molar-refractivity contribution in [2.75, 3.05) is 0 Å². The lowest BCUT2D eigenvalue weighted by Crippen LogP contribution is -2.19. The molecule has 0 unspecified atom stereocenters. The smallest absolute Gasteiger partial charge is 0.0442 e. The van der Waals surface area contributed by atoms with E-state index in [1.807, 2.05) is 0 Å². The molecule has 2 nitrogen and oxygen atoms in total. The van der Waals surface area contributed by atoms with Crippen LogP contribution in [0.1, 0.15) is 9.75 Å². The zero-order valence-electron chi connectivity index (χ0n) is 5.35. The topological polar surface area (TPSA) is 38.0 Å². The van der Waals surface area contributed by atoms with Gasteiger partial charge in [0.1, 0.15) is 0 Å². The minimum Gasteiger partial charge on any atom is -0.271 e. The maximum atomic E-state index is 5.13. The lowest BCUT2D eigenvalue weighted by atomic mass is 10.4. The van der Waals surface area contributed by atoms with E-state index in [-0.39, 0.29) is 0 Å². The largest absolute Gasteiger partial charge is 0.271 e. The second-order valence-corrected chi connectivity index (χ2v) is 3.27. The average Bonchev–Trinajstić information content (AvgIpc) is 2.17. The van der Waals surface area contributed by atoms with E-state index in [1.165, 1.54) is 9.75 Å². The molecule has 3 N–H and O–H groups in total. The number of hydrogen-bond acceptors (Lipinski definition) is 3. The fourth-order valence-electron chi connectivity index (χ4n) is 0.681. The van der Waals surface area contributed by atoms with Gasteiger partial charge in [0, 0.05) is 16.3 Å². The number of thiophene rings is 1. The summed E-state index contributed by atoms with van der Waals surface area (Å²) in [5.41, 5.74) is 2.61. The Balaban J connectivity index is 2.61. The molecule has 1 aromatic heterocycles. The first-order valence-corrected chi connectivity index (χ1v) is 3.63. The maximum absolute atomic E-state index is 5.13. The maximum Gasteiger partial charge on any atom is 0.0442 e. The highest BCUT2D eigenvalue weighted by Gasteiger charge is 1.92. The van der Waals surface area contributed by atoms with Crippen molar-refractivity contribution in [2.45, 2.75) is 13.5 Å². The summed E-state index contributed by atoms with van der Waals surface area (Å²) in [5, 5.41) is 0. The zero-order chi connectivity index (χ0) is 6.69. The molecule has 0 aliphatic rings. The molecule has 3 heteroatoms. The molecule has 0 aromatic carbocycles. The Hall–Kier alpha value is -0.380. The van der Waals surface area contributed by atoms with Crippen molar-refractivity contribution < 1.29 is 0 Å². The number of hydrazine groups is 1. The van der Waals surface area contributed by atoms with Crippen molar-refractivity contribution in [1.82, 2.24) is 5.43 Å². The van der Waals surface area contributed by atoms with Crippen LogP contribution in [0.15, 0.2) is 12.1 Å². The summed E-state index contributed by atoms with van der Waals surface area (Å²) in [5.74, 6) is 5.13. The van der Waals surface area contributed by atoms with Gasteiger partial charge in [-0.1, -0.05) is 0 Å². The molecule has 1 aromatic rings. The van der Waals surface area contributed by atoms with Gasteiger partial charge in [-0.25, -0.2) is 0 Å². The van der Waals surface area contributed by atoms with Crippen LogP contribution in [0.5, 0.6) is 0 Å². The van der Waals surface area contributed by atoms with Gasteiger partial charge in [0.15, 0.2) is 0 Å². The normalized spacial score (nSPS) is 10.0. The molecule has 50 valence electrons. The highest BCUT2D eigenvalue weighted by atomic mass is 32.1. The molecule has 0 aliphatic carbocycles. The van der Waals surface area contributed by atoms with Crippen LogP contribution in [-0.2, 0) is 6.54 Å². The average molecular weight is 142 g/mol. The third-order valence-corrected chi connectivity index (χ3v) is 2.07. The predicted molar refractivity (Wildman–Crippen MR) is 40.1 cm³/mol. The standard InChI is InChI=1S/C6H10N2S/c1-5-2-3-6(9-5)4-8-7/h2-3,8H,4,7H2,1H3. The van der Waals surface area contributed by atoms with Gasteiger partial charge in [0.25, 0.3) is 0 Å². The van der Waals surface area contributed by atoms with Gasteiger partial charge in [-0.2, -0.15) is 0 Å². The second-order valence-electron chi connectivity index (χ2n) is 1.89. The SMILES string of the molecule is Cc1ccc(CNN)s1. The summed E-state index contributed by atoms with van der Waals surface area (Å²) in [6.07, 6.45) is 0. The third-order valence-electron chi connectivity index (χ3n) is 1.07. The Morgan fingerprint density at radius 2 is 2.44 bits per heavy atom. The van der Waals surface area contributed by atoms with Crippen LogP contribution in [-0.4, -0.2) is 0 Å². The first kappa shape index (κ1) is 6.74. The summed E-state index contributed by atoms with van der Waals surface area (Å²) in [6.45, 7) is 2.86. The fourth-order valence-corrected chi connectivity index (χ4v) is 1.52. The Labute approximate surface area is 58.7 Å². The molecular weight excluding hydrogens is 132 g/mol. The van der Waals surface area contributed by atoms with Crippen molar-refractivity contribution in [1.29, 1.82) is 0 Å². The Bertz CT molecular complexity index is 183. The van der Waals surface area contributed by atoms with Gasteiger partial charge < -0.3 is 0 Å². The first-order valence-electron chi connectivity index (χ1n) is 2.81. The lowest BCUT2D eigenvalue weighted by molar-refractivity contribution is 0.751. The van der Waals surface area contributed by atoms with Crippen molar-refractivity contribution in [3.63, 3.8) is 0 Å². The van der Waals surface area contributed by atoms with Crippen LogP contribution in [0.4, 0.5) is 0 Å². The van der Waals surface area contributed by atoms with E-state index in [4.69, 9.17) is 5.84 Å². The zero-order valence-corrected chi connectivity index (χ0v) is 6.16. The van der Waals surface area contributed by atoms with E-state index in [0.29, 0.717) is 0 Å². The number of nitrogens with one attached hydrogen (secondary N) is 1. The van der Waals surface area contributed by atoms with Crippen LogP contribution < -0.4 is 11.3 Å². The Morgan fingerprint density at radius 1 is 1.67 bits per heavy atom. The molecular formula is C6H10N2S. The van der Waals surface area contributed by atoms with E-state index in [1.54, 1.807) is 11.3 Å². The quantitative estimate of drug-likeness (QED) is 0.478. The molecule has 0 amide bonds. The third kappa shape index (κ3) is 1.78. The van der Waals surface area contributed by atoms with Crippen LogP contribution in [0.3, 0.4) is 0 Å². The van der Waals surface area contributed by atoms with Gasteiger partial charge >= 0.3 is 0 Å². The molecule has 0 atom stereocenters. The van der Waals surface area contributed by atoms with Crippen LogP contribution in [0, 0.1) is 6.92 Å². The van der Waals surface area contributed by atoms with Crippen LogP contribution in [0.25, 0.3) is 0 Å². The minimum atomic E-state index is 0.776. The fraction of sp³-hybridized carbons (Fsp3) is 0.333. The predicted octanol–water partition coefficient (Wildman–Crippen LogP) is 1.02. The van der Waals surface area contributed by atoms with E-state index in [9.17, 15) is 0 Å². The summed E-state index contributed by atoms with van der Waals surface area (Å²) in [7, 11) is 0. The molecule has 0 radical (unpaired) electrons. The number of nitrogens with two attached hydrogens (primary N) is 1. The van der Waals surface area contributed by atoms with Gasteiger partial charge in [-0.3, -0.25) is 11.3 Å². The molecule has 1 rings (SSSR count). The van der Waals surface area contributed by atoms with Crippen LogP contribution >= 0.6 is 11.3 Å². The van der Waals surface area contributed by atoms with Crippen molar-refractivity contribution >= 4 is 11.3 Å². The number of rotatable bonds is 2. The Kier molecular flexibility index (Phi) is 2.22. The van der Waals surface area contributed by atoms with E-state index < -0.39 is 0 Å². The molecule has 0 saturated carbocycles. The monoisotopic (exact) mass is 142 g/mol. The van der Waals surface area contributed by atoms with E-state index >= 15 is 0 Å². The molecule has 0 saturated heterocycles. The van der Waals surface area contributed by atoms with Crippen molar-refractivity contribution in [3.05, 3.63) is 21.9 Å². The number of aryl methyl sites for hydroxylation is 1. The second kappa shape index (κ2) is 2.96. The molecule has 0 spiro atoms. The van der Waals surface area contributed by atoms with Crippen LogP contribution in [0.2, 0.25) is 0 Å². The molecule has 0 aliphatic heterocycles. The van der Waals surface area contributed by atoms with Gasteiger partial charge in [0.05, 0.1) is 0 Å². The molecule has 1 heterocycles. The summed E-state index contributed by atoms with van der Waals surface area (Å²) in [4.78, 5) is 2.62. The van der Waals surface area contributed by atoms with Gasteiger partial charge in [0.2, 0.25) is 0 Å². The van der Waals surface area contributed by atoms with Crippen molar-refractivity contribution in [2.24, 2.45) is 5.84 Å². The molecule has 0 bridgehead atoms. The molecule has 9 heavy (non-hydrogen) atoms. The first-order chi connectivity index (χ1) is 4.33. The summed E-state index contributed by atoms with van der Waals surface area (Å²) >= 11 is 1.77. The molecule has 0 fully saturated rings. The number of hydrogen-bond donors (Lipinski definition) is 2. The van der Waals surface area contributed by atoms with E-state index in [2.05, 4.69) is 24.5 Å².